The van der Waals surface area contributed by atoms with Gasteiger partial charge in [-0.05, 0) is 12.2 Å². The van der Waals surface area contributed by atoms with E-state index in [0.29, 0.717) is 0 Å². The zero-order valence-corrected chi connectivity index (χ0v) is 8.34. The first-order valence-corrected chi connectivity index (χ1v) is 4.21. The molecule has 2 nitrogen and oxygen atoms in total. The lowest BCUT2D eigenvalue weighted by molar-refractivity contribution is 0.00169. The van der Waals surface area contributed by atoms with Crippen LogP contribution < -0.4 is 0 Å². The number of hydrogen-bond donors (Lipinski definition) is 1. The Labute approximate surface area is 71.0 Å². The van der Waals surface area contributed by atoms with E-state index < -0.39 is 5.72 Å². The Kier molecular flexibility index (Phi) is 2.16. The predicted molar refractivity (Wildman–Crippen MR) is 49.3 cm³/mol. The van der Waals surface area contributed by atoms with Crippen molar-refractivity contribution in [1.29, 1.82) is 0 Å². The van der Waals surface area contributed by atoms with Crippen molar-refractivity contribution in [1.82, 2.24) is 3.11 Å². The number of nitrogens with zero attached hydrogens (tertiary/aromatic N) is 1. The van der Waals surface area contributed by atoms with Crippen LogP contribution in [0.25, 0.3) is 0 Å². The summed E-state index contributed by atoms with van der Waals surface area (Å²) in [5.41, 5.74) is -0.641. The molecule has 52 valence electrons. The van der Waals surface area contributed by atoms with Crippen LogP contribution in [0, 0.1) is 0 Å². The van der Waals surface area contributed by atoms with Gasteiger partial charge in [0.15, 0.2) is 0 Å². The van der Waals surface area contributed by atoms with E-state index in [1.807, 2.05) is 10.0 Å². The molecule has 0 aromatic carbocycles. The third-order valence-electron chi connectivity index (χ3n) is 1.40. The van der Waals surface area contributed by atoms with Crippen LogP contribution in [0.2, 0.25) is 0 Å². The highest BCUT2D eigenvalue weighted by molar-refractivity contribution is 14.1. The largest absolute Gasteiger partial charge is 0.375 e. The summed E-state index contributed by atoms with van der Waals surface area (Å²) in [5.74, 6) is 0. The molecule has 0 aromatic rings. The minimum Gasteiger partial charge on any atom is -0.375 e. The fourth-order valence-corrected chi connectivity index (χ4v) is 2.28. The first kappa shape index (κ1) is 7.92. The minimum absolute atomic E-state index is 0.641. The summed E-state index contributed by atoms with van der Waals surface area (Å²) in [7, 11) is 3.41. The van der Waals surface area contributed by atoms with E-state index >= 15 is 0 Å². The first-order valence-electron chi connectivity index (χ1n) is 2.74. The molecule has 1 atom stereocenters. The second kappa shape index (κ2) is 2.46. The summed E-state index contributed by atoms with van der Waals surface area (Å²) in [6, 6.07) is 0. The zero-order chi connectivity index (χ0) is 7.07. The summed E-state index contributed by atoms with van der Waals surface area (Å²) >= 11 is 2.12. The van der Waals surface area contributed by atoms with Gasteiger partial charge in [0.1, 0.15) is 5.72 Å². The summed E-state index contributed by atoms with van der Waals surface area (Å²) < 4.78 is 1.88. The van der Waals surface area contributed by atoms with Crippen molar-refractivity contribution in [2.75, 3.05) is 6.54 Å². The predicted octanol–water partition coefficient (Wildman–Crippen LogP) is 1.07. The Morgan fingerprint density at radius 3 is 2.56 bits per heavy atom. The maximum absolute atomic E-state index is 9.50. The molecule has 4 heteroatoms. The van der Waals surface area contributed by atoms with E-state index in [1.165, 1.54) is 0 Å². The van der Waals surface area contributed by atoms with Crippen molar-refractivity contribution in [2.24, 2.45) is 0 Å². The molecular formula is C5H9INOP. The van der Waals surface area contributed by atoms with Gasteiger partial charge in [0.2, 0.25) is 0 Å². The smallest absolute Gasteiger partial charge is 0.128 e. The Hall–Kier alpha value is 0.820. The Morgan fingerprint density at radius 1 is 1.89 bits per heavy atom. The number of hydrogen-bond acceptors (Lipinski definition) is 2. The van der Waals surface area contributed by atoms with Crippen LogP contribution in [0.3, 0.4) is 0 Å². The quantitative estimate of drug-likeness (QED) is 0.398. The zero-order valence-electron chi connectivity index (χ0n) is 5.19. The highest BCUT2D eigenvalue weighted by Gasteiger charge is 2.34. The van der Waals surface area contributed by atoms with Crippen LogP contribution in [-0.4, -0.2) is 25.8 Å². The second-order valence-electron chi connectivity index (χ2n) is 2.52. The van der Waals surface area contributed by atoms with Crippen molar-refractivity contribution in [2.45, 2.75) is 19.1 Å². The number of aliphatic hydroxyl groups is 1. The fourth-order valence-electron chi connectivity index (χ4n) is 0.884. The summed E-state index contributed by atoms with van der Waals surface area (Å²) in [4.78, 5) is 0. The van der Waals surface area contributed by atoms with Gasteiger partial charge in [0.05, 0.1) is 0 Å². The van der Waals surface area contributed by atoms with Crippen LogP contribution >= 0.6 is 31.7 Å². The molecule has 1 saturated heterocycles. The van der Waals surface area contributed by atoms with Crippen LogP contribution in [0.4, 0.5) is 0 Å². The molecule has 1 unspecified atom stereocenters. The normalized spacial score (nSPS) is 37.9. The van der Waals surface area contributed by atoms with E-state index in [0.717, 1.165) is 18.3 Å². The van der Waals surface area contributed by atoms with Crippen molar-refractivity contribution >= 4 is 37.0 Å². The van der Waals surface area contributed by atoms with Crippen LogP contribution in [-0.2, 0) is 0 Å². The van der Waals surface area contributed by atoms with E-state index in [1.54, 1.807) is 0 Å². The summed E-state index contributed by atoms with van der Waals surface area (Å²) in [6.07, 6.45) is 0.729. The molecule has 0 radical (unpaired) electrons. The molecule has 1 heterocycles. The Morgan fingerprint density at radius 2 is 2.44 bits per heavy atom. The molecule has 1 aliphatic heterocycles. The van der Waals surface area contributed by atoms with E-state index in [2.05, 4.69) is 31.7 Å². The van der Waals surface area contributed by atoms with Crippen molar-refractivity contribution in [3.8, 4) is 0 Å². The van der Waals surface area contributed by atoms with Crippen molar-refractivity contribution < 1.29 is 5.11 Å². The van der Waals surface area contributed by atoms with Crippen molar-refractivity contribution in [3.05, 3.63) is 0 Å². The van der Waals surface area contributed by atoms with Gasteiger partial charge in [-0.2, -0.15) is 0 Å². The standard InChI is InChI=1S/C5H9INOP/c1-5(8)2-4(9)3-7(5)6/h8-9H,2-3H2,1H3. The van der Waals surface area contributed by atoms with Gasteiger partial charge in [-0.3, -0.25) is 0 Å². The molecule has 1 N–H and O–H groups in total. The average Bonchev–Trinajstić information content (AvgIpc) is 1.79. The van der Waals surface area contributed by atoms with Gasteiger partial charge >= 0.3 is 0 Å². The van der Waals surface area contributed by atoms with Gasteiger partial charge in [-0.25, -0.2) is 3.11 Å². The van der Waals surface area contributed by atoms with Gasteiger partial charge in [-0.15, -0.1) is 8.86 Å². The first-order chi connectivity index (χ1) is 4.02. The van der Waals surface area contributed by atoms with Crippen molar-refractivity contribution in [3.63, 3.8) is 0 Å². The third kappa shape index (κ3) is 1.64. The highest BCUT2D eigenvalue weighted by atomic mass is 127. The lowest BCUT2D eigenvalue weighted by Gasteiger charge is -2.22. The van der Waals surface area contributed by atoms with E-state index in [4.69, 9.17) is 0 Å². The molecule has 1 aliphatic rings. The summed E-state index contributed by atoms with van der Waals surface area (Å²) in [5, 5.41) is 10.7. The van der Waals surface area contributed by atoms with Crippen LogP contribution in [0.1, 0.15) is 13.3 Å². The molecule has 1 fully saturated rings. The number of rotatable bonds is 0. The van der Waals surface area contributed by atoms with E-state index in [9.17, 15) is 5.11 Å². The van der Waals surface area contributed by atoms with Gasteiger partial charge in [0, 0.05) is 35.8 Å². The van der Waals surface area contributed by atoms with Gasteiger partial charge in [-0.1, -0.05) is 0 Å². The molecule has 0 saturated carbocycles. The highest BCUT2D eigenvalue weighted by Crippen LogP contribution is 2.28. The Balaban J connectivity index is 2.69. The molecular weight excluding hydrogens is 248 g/mol. The maximum Gasteiger partial charge on any atom is 0.128 e. The average molecular weight is 257 g/mol. The topological polar surface area (TPSA) is 23.5 Å². The minimum atomic E-state index is -0.641. The monoisotopic (exact) mass is 257 g/mol. The van der Waals surface area contributed by atoms with Gasteiger partial charge in [0.25, 0.3) is 0 Å². The third-order valence-corrected chi connectivity index (χ3v) is 3.12. The molecule has 0 amide bonds. The van der Waals surface area contributed by atoms with Crippen LogP contribution in [0.15, 0.2) is 0 Å². The second-order valence-corrected chi connectivity index (χ2v) is 4.39. The lowest BCUT2D eigenvalue weighted by atomic mass is 10.2. The van der Waals surface area contributed by atoms with Gasteiger partial charge < -0.3 is 5.11 Å². The fraction of sp³-hybridized carbons (Fsp3) is 0.800. The SMILES string of the molecule is CC1(O)CC(=P)CN1I. The molecule has 1 rings (SSSR count). The van der Waals surface area contributed by atoms with E-state index in [-0.39, 0.29) is 0 Å². The molecule has 0 spiro atoms. The molecule has 0 aliphatic carbocycles. The lowest BCUT2D eigenvalue weighted by Crippen LogP contribution is -2.32. The molecule has 0 bridgehead atoms. The molecule has 0 aromatic heterocycles. The maximum atomic E-state index is 9.50. The molecule has 9 heavy (non-hydrogen) atoms. The summed E-state index contributed by atoms with van der Waals surface area (Å²) in [6.45, 7) is 2.65. The van der Waals surface area contributed by atoms with Crippen LogP contribution in [0.5, 0.6) is 0 Å². The Bertz CT molecular complexity index is 148. The number of halogens is 1.